The molecule has 1 aromatic carbocycles. The van der Waals surface area contributed by atoms with E-state index < -0.39 is 0 Å². The van der Waals surface area contributed by atoms with Gasteiger partial charge in [-0.1, -0.05) is 12.1 Å². The maximum atomic E-state index is 12.2. The zero-order chi connectivity index (χ0) is 14.5. The first-order valence-electron chi connectivity index (χ1n) is 7.05. The van der Waals surface area contributed by atoms with Crippen molar-refractivity contribution in [2.75, 3.05) is 11.9 Å². The first-order chi connectivity index (χ1) is 9.61. The second-order valence-electron chi connectivity index (χ2n) is 5.16. The smallest absolute Gasteiger partial charge is 0.253 e. The van der Waals surface area contributed by atoms with Crippen molar-refractivity contribution in [3.05, 3.63) is 29.8 Å². The molecule has 1 fully saturated rings. The third-order valence-electron chi connectivity index (χ3n) is 3.61. The van der Waals surface area contributed by atoms with Gasteiger partial charge in [-0.3, -0.25) is 9.59 Å². The molecule has 0 aliphatic heterocycles. The van der Waals surface area contributed by atoms with Crippen LogP contribution in [0.25, 0.3) is 0 Å². The van der Waals surface area contributed by atoms with Crippen LogP contribution in [-0.4, -0.2) is 24.4 Å². The summed E-state index contributed by atoms with van der Waals surface area (Å²) >= 11 is 0. The van der Waals surface area contributed by atoms with E-state index in [0.717, 1.165) is 19.3 Å². The molecule has 108 valence electrons. The SMILES string of the molecule is CCNC(=O)c1ccccc1NC(=O)C1CCC(N)C1. The molecule has 2 rings (SSSR count). The number of hydrogen-bond donors (Lipinski definition) is 3. The van der Waals surface area contributed by atoms with E-state index in [1.807, 2.05) is 6.92 Å². The Morgan fingerprint density at radius 2 is 2.05 bits per heavy atom. The van der Waals surface area contributed by atoms with Gasteiger partial charge in [0.15, 0.2) is 0 Å². The Morgan fingerprint density at radius 3 is 2.70 bits per heavy atom. The van der Waals surface area contributed by atoms with E-state index in [2.05, 4.69) is 10.6 Å². The van der Waals surface area contributed by atoms with Crippen LogP contribution >= 0.6 is 0 Å². The summed E-state index contributed by atoms with van der Waals surface area (Å²) in [6, 6.07) is 7.16. The van der Waals surface area contributed by atoms with Gasteiger partial charge in [-0.2, -0.15) is 0 Å². The van der Waals surface area contributed by atoms with Crippen LogP contribution in [-0.2, 0) is 4.79 Å². The monoisotopic (exact) mass is 275 g/mol. The lowest BCUT2D eigenvalue weighted by atomic mass is 10.1. The summed E-state index contributed by atoms with van der Waals surface area (Å²) in [7, 11) is 0. The van der Waals surface area contributed by atoms with Crippen molar-refractivity contribution in [3.8, 4) is 0 Å². The fourth-order valence-corrected chi connectivity index (χ4v) is 2.54. The van der Waals surface area contributed by atoms with Crippen molar-refractivity contribution in [3.63, 3.8) is 0 Å². The minimum Gasteiger partial charge on any atom is -0.352 e. The molecule has 0 spiro atoms. The lowest BCUT2D eigenvalue weighted by Gasteiger charge is -2.14. The van der Waals surface area contributed by atoms with Crippen molar-refractivity contribution in [2.45, 2.75) is 32.2 Å². The highest BCUT2D eigenvalue weighted by molar-refractivity contribution is 6.04. The number of carbonyl (C=O) groups excluding carboxylic acids is 2. The average molecular weight is 275 g/mol. The molecular weight excluding hydrogens is 254 g/mol. The molecule has 5 heteroatoms. The molecule has 0 saturated heterocycles. The van der Waals surface area contributed by atoms with Crippen molar-refractivity contribution < 1.29 is 9.59 Å². The lowest BCUT2D eigenvalue weighted by Crippen LogP contribution is -2.27. The summed E-state index contributed by atoms with van der Waals surface area (Å²) in [5.74, 6) is -0.270. The molecule has 1 aliphatic rings. The number of nitrogens with one attached hydrogen (secondary N) is 2. The van der Waals surface area contributed by atoms with Gasteiger partial charge in [0, 0.05) is 18.5 Å². The Hall–Kier alpha value is -1.88. The van der Waals surface area contributed by atoms with Crippen LogP contribution in [0, 0.1) is 5.92 Å². The zero-order valence-corrected chi connectivity index (χ0v) is 11.7. The molecule has 1 aliphatic carbocycles. The van der Waals surface area contributed by atoms with Gasteiger partial charge in [0.1, 0.15) is 0 Å². The zero-order valence-electron chi connectivity index (χ0n) is 11.7. The van der Waals surface area contributed by atoms with Crippen LogP contribution in [0.3, 0.4) is 0 Å². The second-order valence-corrected chi connectivity index (χ2v) is 5.16. The number of benzene rings is 1. The molecule has 2 amide bonds. The maximum Gasteiger partial charge on any atom is 0.253 e. The van der Waals surface area contributed by atoms with Gasteiger partial charge in [-0.05, 0) is 38.3 Å². The van der Waals surface area contributed by atoms with Crippen molar-refractivity contribution in [2.24, 2.45) is 11.7 Å². The van der Waals surface area contributed by atoms with Crippen LogP contribution in [0.2, 0.25) is 0 Å². The molecule has 0 radical (unpaired) electrons. The highest BCUT2D eigenvalue weighted by atomic mass is 16.2. The lowest BCUT2D eigenvalue weighted by molar-refractivity contribution is -0.119. The molecule has 2 atom stereocenters. The first-order valence-corrected chi connectivity index (χ1v) is 7.05. The summed E-state index contributed by atoms with van der Waals surface area (Å²) in [6.07, 6.45) is 2.42. The van der Waals surface area contributed by atoms with Crippen LogP contribution in [0.4, 0.5) is 5.69 Å². The van der Waals surface area contributed by atoms with Gasteiger partial charge in [-0.15, -0.1) is 0 Å². The Labute approximate surface area is 118 Å². The first kappa shape index (κ1) is 14.5. The summed E-state index contributed by atoms with van der Waals surface area (Å²) in [5.41, 5.74) is 6.88. The summed E-state index contributed by atoms with van der Waals surface area (Å²) in [4.78, 5) is 24.1. The Morgan fingerprint density at radius 1 is 1.30 bits per heavy atom. The number of nitrogens with two attached hydrogens (primary N) is 1. The number of rotatable bonds is 4. The Balaban J connectivity index is 2.09. The minimum atomic E-state index is -0.175. The number of anilines is 1. The van der Waals surface area contributed by atoms with Crippen molar-refractivity contribution >= 4 is 17.5 Å². The van der Waals surface area contributed by atoms with Crippen LogP contribution in [0.15, 0.2) is 24.3 Å². The molecule has 20 heavy (non-hydrogen) atoms. The number of carbonyl (C=O) groups is 2. The van der Waals surface area contributed by atoms with E-state index in [9.17, 15) is 9.59 Å². The average Bonchev–Trinajstić information content (AvgIpc) is 2.86. The van der Waals surface area contributed by atoms with Crippen molar-refractivity contribution in [1.29, 1.82) is 0 Å². The second kappa shape index (κ2) is 6.52. The maximum absolute atomic E-state index is 12.2. The van der Waals surface area contributed by atoms with E-state index in [4.69, 9.17) is 5.73 Å². The molecule has 5 nitrogen and oxygen atoms in total. The van der Waals surface area contributed by atoms with E-state index in [1.54, 1.807) is 24.3 Å². The third kappa shape index (κ3) is 3.36. The molecule has 1 aromatic rings. The topological polar surface area (TPSA) is 84.2 Å². The fourth-order valence-electron chi connectivity index (χ4n) is 2.54. The van der Waals surface area contributed by atoms with E-state index >= 15 is 0 Å². The molecule has 4 N–H and O–H groups in total. The van der Waals surface area contributed by atoms with Gasteiger partial charge in [0.2, 0.25) is 5.91 Å². The highest BCUT2D eigenvalue weighted by Gasteiger charge is 2.28. The third-order valence-corrected chi connectivity index (χ3v) is 3.61. The molecule has 2 unspecified atom stereocenters. The van der Waals surface area contributed by atoms with E-state index in [1.165, 1.54) is 0 Å². The van der Waals surface area contributed by atoms with Gasteiger partial charge >= 0.3 is 0 Å². The number of hydrogen-bond acceptors (Lipinski definition) is 3. The number of amides is 2. The normalized spacial score (nSPS) is 21.5. The molecule has 0 bridgehead atoms. The largest absolute Gasteiger partial charge is 0.352 e. The van der Waals surface area contributed by atoms with Gasteiger partial charge < -0.3 is 16.4 Å². The number of para-hydroxylation sites is 1. The van der Waals surface area contributed by atoms with Crippen LogP contribution < -0.4 is 16.4 Å². The van der Waals surface area contributed by atoms with Gasteiger partial charge in [-0.25, -0.2) is 0 Å². The minimum absolute atomic E-state index is 0.0466. The molecular formula is C15H21N3O2. The van der Waals surface area contributed by atoms with Gasteiger partial charge in [0.25, 0.3) is 5.91 Å². The molecule has 0 aromatic heterocycles. The quantitative estimate of drug-likeness (QED) is 0.778. The van der Waals surface area contributed by atoms with E-state index in [-0.39, 0.29) is 23.8 Å². The van der Waals surface area contributed by atoms with E-state index in [0.29, 0.717) is 17.8 Å². The Kier molecular flexibility index (Phi) is 4.74. The highest BCUT2D eigenvalue weighted by Crippen LogP contribution is 2.26. The van der Waals surface area contributed by atoms with Crippen LogP contribution in [0.5, 0.6) is 0 Å². The van der Waals surface area contributed by atoms with Gasteiger partial charge in [0.05, 0.1) is 11.3 Å². The summed E-state index contributed by atoms with van der Waals surface area (Å²) in [6.45, 7) is 2.41. The van der Waals surface area contributed by atoms with Crippen molar-refractivity contribution in [1.82, 2.24) is 5.32 Å². The summed E-state index contributed by atoms with van der Waals surface area (Å²) < 4.78 is 0. The predicted molar refractivity (Wildman–Crippen MR) is 78.4 cm³/mol. The Bertz CT molecular complexity index is 502. The molecule has 1 saturated carbocycles. The standard InChI is InChI=1S/C15H21N3O2/c1-2-17-15(20)12-5-3-4-6-13(12)18-14(19)10-7-8-11(16)9-10/h3-6,10-11H,2,7-9,16H2,1H3,(H,17,20)(H,18,19). The predicted octanol–water partition coefficient (Wildman–Crippen LogP) is 1.50. The fraction of sp³-hybridized carbons (Fsp3) is 0.467. The molecule has 0 heterocycles. The summed E-state index contributed by atoms with van der Waals surface area (Å²) in [5, 5.41) is 5.60. The van der Waals surface area contributed by atoms with Crippen LogP contribution in [0.1, 0.15) is 36.5 Å².